The van der Waals surface area contributed by atoms with E-state index in [2.05, 4.69) is 0 Å². The number of nitriles is 1. The smallest absolute Gasteiger partial charge is 0.332 e. The number of rotatable bonds is 2. The van der Waals surface area contributed by atoms with Crippen molar-refractivity contribution in [2.24, 2.45) is 10.8 Å². The van der Waals surface area contributed by atoms with Crippen LogP contribution < -0.4 is 0 Å². The van der Waals surface area contributed by atoms with Crippen molar-refractivity contribution < 1.29 is 23.9 Å². The van der Waals surface area contributed by atoms with E-state index < -0.39 is 40.6 Å². The largest absolute Gasteiger partial charge is 0.468 e. The zero-order chi connectivity index (χ0) is 18.6. The Morgan fingerprint density at radius 1 is 1.12 bits per heavy atom. The lowest BCUT2D eigenvalue weighted by Crippen LogP contribution is -2.60. The van der Waals surface area contributed by atoms with Gasteiger partial charge in [-0.15, -0.1) is 0 Å². The third-order valence-corrected chi connectivity index (χ3v) is 5.08. The lowest BCUT2D eigenvalue weighted by atomic mass is 9.89. The van der Waals surface area contributed by atoms with Crippen LogP contribution in [0.3, 0.4) is 0 Å². The first kappa shape index (κ1) is 16.6. The number of hydrogen-bond acceptors (Lipinski definition) is 6. The van der Waals surface area contributed by atoms with Crippen molar-refractivity contribution >= 4 is 23.8 Å². The van der Waals surface area contributed by atoms with E-state index in [9.17, 15) is 24.4 Å². The molecule has 8 nitrogen and oxygen atoms in total. The highest BCUT2D eigenvalue weighted by atomic mass is 16.5. The van der Waals surface area contributed by atoms with Gasteiger partial charge in [0.1, 0.15) is 0 Å². The number of ether oxygens (including phenoxy) is 1. The van der Waals surface area contributed by atoms with Crippen molar-refractivity contribution in [1.29, 1.82) is 5.26 Å². The molecular formula is C17H15N3O5. The molecule has 0 radical (unpaired) electrons. The van der Waals surface area contributed by atoms with E-state index in [4.69, 9.17) is 4.74 Å². The zero-order valence-electron chi connectivity index (χ0n) is 13.8. The topological polar surface area (TPSA) is 108 Å². The molecule has 1 heterocycles. The molecule has 1 aromatic carbocycles. The first-order chi connectivity index (χ1) is 11.8. The lowest BCUT2D eigenvalue weighted by molar-refractivity contribution is -0.158. The number of hydrogen-bond donors (Lipinski definition) is 0. The molecule has 2 atom stereocenters. The van der Waals surface area contributed by atoms with E-state index in [1.807, 2.05) is 6.07 Å². The van der Waals surface area contributed by atoms with Crippen LogP contribution in [0.25, 0.3) is 0 Å². The van der Waals surface area contributed by atoms with Gasteiger partial charge in [-0.2, -0.15) is 5.26 Å². The van der Waals surface area contributed by atoms with Crippen LogP contribution in [-0.4, -0.2) is 54.8 Å². The van der Waals surface area contributed by atoms with Crippen molar-refractivity contribution in [1.82, 2.24) is 9.80 Å². The van der Waals surface area contributed by atoms with Gasteiger partial charge in [0.05, 0.1) is 13.2 Å². The van der Waals surface area contributed by atoms with E-state index in [-0.39, 0.29) is 0 Å². The first-order valence-electron chi connectivity index (χ1n) is 7.47. The minimum atomic E-state index is -2.01. The van der Waals surface area contributed by atoms with E-state index in [1.165, 1.54) is 14.1 Å². The Kier molecular flexibility index (Phi) is 3.42. The van der Waals surface area contributed by atoms with Gasteiger partial charge in [0, 0.05) is 20.0 Å². The molecular weight excluding hydrogens is 326 g/mol. The van der Waals surface area contributed by atoms with Crippen LogP contribution in [0.5, 0.6) is 0 Å². The number of amides is 4. The number of benzene rings is 1. The Morgan fingerprint density at radius 2 is 1.64 bits per heavy atom. The summed E-state index contributed by atoms with van der Waals surface area (Å²) in [5.41, 5.74) is -3.54. The fourth-order valence-corrected chi connectivity index (χ4v) is 3.86. The SMILES string of the molecule is COC(=O)[C@@]1(C#N)[C@H](c2ccccc2)C12C(=O)N(C)C(=O)N(C)C2=O. The van der Waals surface area contributed by atoms with Crippen LogP contribution in [0.1, 0.15) is 11.5 Å². The molecule has 8 heteroatoms. The molecule has 2 aliphatic rings. The van der Waals surface area contributed by atoms with Crippen molar-refractivity contribution in [3.05, 3.63) is 35.9 Å². The summed E-state index contributed by atoms with van der Waals surface area (Å²) in [5, 5.41) is 9.80. The number of carbonyl (C=O) groups is 4. The van der Waals surface area contributed by atoms with Gasteiger partial charge in [0.25, 0.3) is 0 Å². The zero-order valence-corrected chi connectivity index (χ0v) is 13.8. The van der Waals surface area contributed by atoms with Gasteiger partial charge >= 0.3 is 12.0 Å². The van der Waals surface area contributed by atoms with Gasteiger partial charge in [0.15, 0.2) is 10.8 Å². The van der Waals surface area contributed by atoms with Crippen molar-refractivity contribution in [3.8, 4) is 6.07 Å². The molecule has 1 saturated carbocycles. The summed E-state index contributed by atoms with van der Waals surface area (Å²) in [4.78, 5) is 52.0. The Morgan fingerprint density at radius 3 is 2.08 bits per heavy atom. The molecule has 0 unspecified atom stereocenters. The number of esters is 1. The molecule has 4 amide bonds. The Bertz CT molecular complexity index is 820. The second-order valence-electron chi connectivity index (χ2n) is 6.07. The standard InChI is InChI=1S/C17H15N3O5/c1-19-12(21)17(13(22)20(2)15(19)24)11(10-7-5-4-6-8-10)16(17,9-18)14(23)25-3/h4-8,11H,1-3H3/t11-,16+/m0/s1. The average Bonchev–Trinajstić information content (AvgIpc) is 3.29. The molecule has 2 fully saturated rings. The van der Waals surface area contributed by atoms with Crippen LogP contribution in [0.4, 0.5) is 4.79 Å². The Balaban J connectivity index is 2.29. The fourth-order valence-electron chi connectivity index (χ4n) is 3.86. The van der Waals surface area contributed by atoms with Crippen LogP contribution in [0.2, 0.25) is 0 Å². The van der Waals surface area contributed by atoms with Crippen molar-refractivity contribution in [2.75, 3.05) is 21.2 Å². The van der Waals surface area contributed by atoms with E-state index in [0.29, 0.717) is 5.56 Å². The molecule has 1 spiro atoms. The Labute approximate surface area is 143 Å². The number of nitrogens with zero attached hydrogens (tertiary/aromatic N) is 3. The van der Waals surface area contributed by atoms with Gasteiger partial charge < -0.3 is 4.74 Å². The predicted molar refractivity (Wildman–Crippen MR) is 82.6 cm³/mol. The average molecular weight is 341 g/mol. The maximum Gasteiger partial charge on any atom is 0.332 e. The minimum Gasteiger partial charge on any atom is -0.468 e. The van der Waals surface area contributed by atoms with Crippen molar-refractivity contribution in [2.45, 2.75) is 5.92 Å². The molecule has 0 bridgehead atoms. The van der Waals surface area contributed by atoms with Crippen LogP contribution in [0.15, 0.2) is 30.3 Å². The van der Waals surface area contributed by atoms with E-state index in [0.717, 1.165) is 16.9 Å². The number of carbonyl (C=O) groups excluding carboxylic acids is 4. The molecule has 1 aliphatic carbocycles. The third-order valence-electron chi connectivity index (χ3n) is 5.08. The normalized spacial score (nSPS) is 27.3. The highest BCUT2D eigenvalue weighted by molar-refractivity contribution is 6.26. The third kappa shape index (κ3) is 1.65. The van der Waals surface area contributed by atoms with Crippen LogP contribution in [-0.2, 0) is 19.1 Å². The number of imide groups is 2. The molecule has 0 N–H and O–H groups in total. The Hall–Kier alpha value is -3.21. The summed E-state index contributed by atoms with van der Waals surface area (Å²) in [6, 6.07) is 9.39. The summed E-state index contributed by atoms with van der Waals surface area (Å²) in [7, 11) is 3.52. The summed E-state index contributed by atoms with van der Waals surface area (Å²) in [6.07, 6.45) is 0. The van der Waals surface area contributed by atoms with E-state index >= 15 is 0 Å². The van der Waals surface area contributed by atoms with Crippen LogP contribution >= 0.6 is 0 Å². The van der Waals surface area contributed by atoms with Gasteiger partial charge in [-0.3, -0.25) is 24.2 Å². The van der Waals surface area contributed by atoms with Gasteiger partial charge in [-0.1, -0.05) is 30.3 Å². The molecule has 128 valence electrons. The van der Waals surface area contributed by atoms with Gasteiger partial charge in [-0.05, 0) is 5.56 Å². The number of urea groups is 1. The van der Waals surface area contributed by atoms with Gasteiger partial charge in [-0.25, -0.2) is 4.79 Å². The molecule has 0 aromatic heterocycles. The maximum absolute atomic E-state index is 13.0. The lowest BCUT2D eigenvalue weighted by Gasteiger charge is -2.34. The number of methoxy groups -OCH3 is 1. The number of barbiturate groups is 1. The highest BCUT2D eigenvalue weighted by Crippen LogP contribution is 2.76. The summed E-state index contributed by atoms with van der Waals surface area (Å²) >= 11 is 0. The van der Waals surface area contributed by atoms with Gasteiger partial charge in [0.2, 0.25) is 11.8 Å². The van der Waals surface area contributed by atoms with Crippen LogP contribution in [0, 0.1) is 22.2 Å². The van der Waals surface area contributed by atoms with E-state index in [1.54, 1.807) is 30.3 Å². The molecule has 1 aliphatic heterocycles. The quantitative estimate of drug-likeness (QED) is 0.573. The maximum atomic E-state index is 13.0. The van der Waals surface area contributed by atoms with Crippen molar-refractivity contribution in [3.63, 3.8) is 0 Å². The first-order valence-corrected chi connectivity index (χ1v) is 7.47. The summed E-state index contributed by atoms with van der Waals surface area (Å²) in [5.74, 6) is -3.75. The molecule has 25 heavy (non-hydrogen) atoms. The minimum absolute atomic E-state index is 0.479. The molecule has 1 saturated heterocycles. The summed E-state index contributed by atoms with van der Waals surface area (Å²) < 4.78 is 4.75. The second-order valence-corrected chi connectivity index (χ2v) is 6.07. The fraction of sp³-hybridized carbons (Fsp3) is 0.353. The molecule has 3 rings (SSSR count). The highest BCUT2D eigenvalue weighted by Gasteiger charge is 2.92. The predicted octanol–water partition coefficient (Wildman–Crippen LogP) is 0.504. The molecule has 1 aromatic rings. The summed E-state index contributed by atoms with van der Waals surface area (Å²) in [6.45, 7) is 0. The second kappa shape index (κ2) is 5.14. The monoisotopic (exact) mass is 341 g/mol.